The van der Waals surface area contributed by atoms with Crippen molar-refractivity contribution >= 4 is 12.1 Å². The summed E-state index contributed by atoms with van der Waals surface area (Å²) in [7, 11) is 0. The molecule has 1 heterocycles. The number of carbonyl (C=O) groups excluding carboxylic acids is 2. The SMILES string of the molecule is CC1(C(=O)OC(F)(F)F)CC=CCN1C(=O)OCc1ccccc1. The van der Waals surface area contributed by atoms with Crippen LogP contribution in [0.3, 0.4) is 0 Å². The van der Waals surface area contributed by atoms with E-state index in [4.69, 9.17) is 4.74 Å². The van der Waals surface area contributed by atoms with Gasteiger partial charge in [0, 0.05) is 6.54 Å². The molecule has 0 spiro atoms. The van der Waals surface area contributed by atoms with Crippen molar-refractivity contribution in [3.8, 4) is 0 Å². The van der Waals surface area contributed by atoms with Gasteiger partial charge in [0.2, 0.25) is 0 Å². The van der Waals surface area contributed by atoms with Crippen LogP contribution in [-0.4, -0.2) is 35.4 Å². The Morgan fingerprint density at radius 1 is 1.21 bits per heavy atom. The average Bonchev–Trinajstić information content (AvgIpc) is 2.52. The van der Waals surface area contributed by atoms with Crippen LogP contribution in [0.4, 0.5) is 18.0 Å². The molecule has 0 saturated carbocycles. The number of benzene rings is 1. The van der Waals surface area contributed by atoms with Gasteiger partial charge in [-0.2, -0.15) is 0 Å². The molecule has 1 aliphatic heterocycles. The lowest BCUT2D eigenvalue weighted by atomic mass is 9.92. The van der Waals surface area contributed by atoms with Crippen LogP contribution in [0.2, 0.25) is 0 Å². The van der Waals surface area contributed by atoms with Crippen molar-refractivity contribution in [2.75, 3.05) is 6.54 Å². The third kappa shape index (κ3) is 4.27. The monoisotopic (exact) mass is 343 g/mol. The van der Waals surface area contributed by atoms with Crippen LogP contribution in [0.15, 0.2) is 42.5 Å². The van der Waals surface area contributed by atoms with E-state index >= 15 is 0 Å². The number of alkyl halides is 3. The number of hydrogen-bond donors (Lipinski definition) is 0. The summed E-state index contributed by atoms with van der Waals surface area (Å²) >= 11 is 0. The molecule has 5 nitrogen and oxygen atoms in total. The lowest BCUT2D eigenvalue weighted by molar-refractivity contribution is -0.310. The minimum Gasteiger partial charge on any atom is -0.445 e. The normalized spacial score (nSPS) is 20.6. The molecule has 0 fully saturated rings. The van der Waals surface area contributed by atoms with E-state index in [0.717, 1.165) is 10.5 Å². The largest absolute Gasteiger partial charge is 0.575 e. The first-order chi connectivity index (χ1) is 11.2. The van der Waals surface area contributed by atoms with Crippen molar-refractivity contribution in [3.05, 3.63) is 48.0 Å². The minimum absolute atomic E-state index is 0.0446. The zero-order valence-corrected chi connectivity index (χ0v) is 12.9. The first kappa shape index (κ1) is 17.8. The zero-order valence-electron chi connectivity index (χ0n) is 12.9. The molecule has 1 aromatic rings. The van der Waals surface area contributed by atoms with Crippen LogP contribution in [0.25, 0.3) is 0 Å². The Morgan fingerprint density at radius 3 is 2.50 bits per heavy atom. The van der Waals surface area contributed by atoms with E-state index < -0.39 is 24.0 Å². The predicted molar refractivity (Wildman–Crippen MR) is 77.6 cm³/mol. The summed E-state index contributed by atoms with van der Waals surface area (Å²) in [5.74, 6) is -1.55. The Morgan fingerprint density at radius 2 is 1.88 bits per heavy atom. The second-order valence-corrected chi connectivity index (χ2v) is 5.44. The van der Waals surface area contributed by atoms with Gasteiger partial charge in [-0.3, -0.25) is 4.90 Å². The fourth-order valence-corrected chi connectivity index (χ4v) is 2.29. The lowest BCUT2D eigenvalue weighted by Gasteiger charge is -2.39. The molecule has 24 heavy (non-hydrogen) atoms. The molecule has 1 atom stereocenters. The van der Waals surface area contributed by atoms with Crippen molar-refractivity contribution < 1.29 is 32.2 Å². The van der Waals surface area contributed by atoms with Crippen molar-refractivity contribution in [1.29, 1.82) is 0 Å². The molecule has 0 saturated heterocycles. The van der Waals surface area contributed by atoms with E-state index in [9.17, 15) is 22.8 Å². The standard InChI is InChI=1S/C16H16F3NO4/c1-15(13(21)24-16(17,18)19)9-5-6-10-20(15)14(22)23-11-12-7-3-2-4-8-12/h2-8H,9-11H2,1H3. The predicted octanol–water partition coefficient (Wildman–Crippen LogP) is 3.41. The smallest absolute Gasteiger partial charge is 0.445 e. The van der Waals surface area contributed by atoms with Crippen LogP contribution in [0, 0.1) is 0 Å². The quantitative estimate of drug-likeness (QED) is 0.623. The highest BCUT2D eigenvalue weighted by molar-refractivity contribution is 5.86. The second-order valence-electron chi connectivity index (χ2n) is 5.44. The summed E-state index contributed by atoms with van der Waals surface area (Å²) in [5, 5.41) is 0. The van der Waals surface area contributed by atoms with E-state index in [1.165, 1.54) is 13.0 Å². The van der Waals surface area contributed by atoms with Gasteiger partial charge >= 0.3 is 18.4 Å². The van der Waals surface area contributed by atoms with Crippen LogP contribution in [0.5, 0.6) is 0 Å². The number of hydrogen-bond acceptors (Lipinski definition) is 4. The van der Waals surface area contributed by atoms with Gasteiger partial charge in [0.1, 0.15) is 12.1 Å². The van der Waals surface area contributed by atoms with Gasteiger partial charge in [0.15, 0.2) is 0 Å². The van der Waals surface area contributed by atoms with Gasteiger partial charge in [-0.15, -0.1) is 13.2 Å². The summed E-state index contributed by atoms with van der Waals surface area (Å²) in [5.41, 5.74) is -1.06. The first-order valence-corrected chi connectivity index (χ1v) is 7.16. The molecule has 0 radical (unpaired) electrons. The highest BCUT2D eigenvalue weighted by Gasteiger charge is 2.49. The van der Waals surface area contributed by atoms with Crippen LogP contribution < -0.4 is 0 Å². The Labute approximate surface area is 136 Å². The van der Waals surface area contributed by atoms with E-state index in [1.54, 1.807) is 36.4 Å². The number of esters is 1. The highest BCUT2D eigenvalue weighted by Crippen LogP contribution is 2.30. The lowest BCUT2D eigenvalue weighted by Crippen LogP contribution is -2.57. The van der Waals surface area contributed by atoms with Gasteiger partial charge in [-0.1, -0.05) is 42.5 Å². The number of ether oxygens (including phenoxy) is 2. The van der Waals surface area contributed by atoms with Crippen LogP contribution in [0.1, 0.15) is 18.9 Å². The van der Waals surface area contributed by atoms with Crippen LogP contribution >= 0.6 is 0 Å². The van der Waals surface area contributed by atoms with E-state index in [2.05, 4.69) is 4.74 Å². The molecular weight excluding hydrogens is 327 g/mol. The number of rotatable bonds is 3. The van der Waals surface area contributed by atoms with Crippen molar-refractivity contribution in [1.82, 2.24) is 4.90 Å². The zero-order chi connectivity index (χ0) is 17.8. The Bertz CT molecular complexity index is 630. The molecule has 8 heteroatoms. The molecule has 1 aromatic carbocycles. The maximum Gasteiger partial charge on any atom is 0.575 e. The Balaban J connectivity index is 2.09. The number of halogens is 3. The molecule has 1 aliphatic rings. The fourth-order valence-electron chi connectivity index (χ4n) is 2.29. The van der Waals surface area contributed by atoms with Gasteiger partial charge in [0.05, 0.1) is 0 Å². The molecule has 2 rings (SSSR count). The van der Waals surface area contributed by atoms with Crippen molar-refractivity contribution in [2.45, 2.75) is 31.9 Å². The summed E-state index contributed by atoms with van der Waals surface area (Å²) in [6.07, 6.45) is -2.99. The fraction of sp³-hybridized carbons (Fsp3) is 0.375. The van der Waals surface area contributed by atoms with Gasteiger partial charge in [0.25, 0.3) is 0 Å². The Kier molecular flexibility index (Phi) is 5.16. The van der Waals surface area contributed by atoms with Gasteiger partial charge < -0.3 is 9.47 Å². The molecule has 0 aliphatic carbocycles. The molecule has 0 N–H and O–H groups in total. The summed E-state index contributed by atoms with van der Waals surface area (Å²) in [6, 6.07) is 8.79. The summed E-state index contributed by atoms with van der Waals surface area (Å²) in [6.45, 7) is 1.12. The number of amides is 1. The third-order valence-corrected chi connectivity index (χ3v) is 3.64. The molecule has 0 aromatic heterocycles. The molecule has 130 valence electrons. The maximum atomic E-state index is 12.3. The van der Waals surface area contributed by atoms with Crippen molar-refractivity contribution in [2.24, 2.45) is 0 Å². The van der Waals surface area contributed by atoms with E-state index in [-0.39, 0.29) is 19.6 Å². The van der Waals surface area contributed by atoms with Gasteiger partial charge in [-0.25, -0.2) is 9.59 Å². The summed E-state index contributed by atoms with van der Waals surface area (Å²) < 4.78 is 45.6. The molecular formula is C16H16F3NO4. The average molecular weight is 343 g/mol. The van der Waals surface area contributed by atoms with E-state index in [1.807, 2.05) is 0 Å². The molecule has 0 bridgehead atoms. The highest BCUT2D eigenvalue weighted by atomic mass is 19.4. The van der Waals surface area contributed by atoms with E-state index in [0.29, 0.717) is 0 Å². The van der Waals surface area contributed by atoms with Gasteiger partial charge in [-0.05, 0) is 18.9 Å². The van der Waals surface area contributed by atoms with Crippen molar-refractivity contribution in [3.63, 3.8) is 0 Å². The topological polar surface area (TPSA) is 55.8 Å². The third-order valence-electron chi connectivity index (χ3n) is 3.64. The number of carbonyl (C=O) groups is 2. The first-order valence-electron chi connectivity index (χ1n) is 7.16. The number of nitrogens with zero attached hydrogens (tertiary/aromatic N) is 1. The molecule has 1 amide bonds. The Hall–Kier alpha value is -2.51. The second kappa shape index (κ2) is 6.94. The molecule has 1 unspecified atom stereocenters. The maximum absolute atomic E-state index is 12.3. The minimum atomic E-state index is -5.11. The van der Waals surface area contributed by atoms with Crippen LogP contribution in [-0.2, 0) is 20.9 Å². The summed E-state index contributed by atoms with van der Waals surface area (Å²) in [4.78, 5) is 25.1.